The molecule has 4 nitrogen and oxygen atoms in total. The molecule has 0 amide bonds. The highest BCUT2D eigenvalue weighted by molar-refractivity contribution is 7.74. The topological polar surface area (TPSA) is 44.1 Å². The Kier molecular flexibility index (Phi) is 6.16. The molecular formula is C17H35N2O2PSi. The van der Waals surface area contributed by atoms with Gasteiger partial charge in [0.15, 0.2) is 0 Å². The van der Waals surface area contributed by atoms with Gasteiger partial charge in [-0.15, -0.1) is 0 Å². The van der Waals surface area contributed by atoms with Crippen molar-refractivity contribution < 1.29 is 9.30 Å². The first-order chi connectivity index (χ1) is 10.2. The standard InChI is InChI=1S/C17H35N2O2PSi/c1-16(2,3)22(20,17(4,5)6)15-10-11-19(18-15)14-21-12-13-23(7,8)9/h10-11H,12-14H2,1-9H3. The first-order valence-electron chi connectivity index (χ1n) is 8.40. The second-order valence-electron chi connectivity index (χ2n) is 9.51. The van der Waals surface area contributed by atoms with Gasteiger partial charge in [-0.3, -0.25) is 0 Å². The second kappa shape index (κ2) is 6.85. The van der Waals surface area contributed by atoms with Gasteiger partial charge in [0.2, 0.25) is 0 Å². The average molecular weight is 359 g/mol. The normalized spacial score (nSPS) is 14.3. The van der Waals surface area contributed by atoms with Crippen LogP contribution in [0.4, 0.5) is 0 Å². The molecule has 1 aromatic rings. The van der Waals surface area contributed by atoms with Gasteiger partial charge < -0.3 is 9.30 Å². The van der Waals surface area contributed by atoms with Gasteiger partial charge in [-0.05, 0) is 12.1 Å². The lowest BCUT2D eigenvalue weighted by Crippen LogP contribution is -2.35. The summed E-state index contributed by atoms with van der Waals surface area (Å²) in [5, 5.41) is 3.96. The molecule has 0 aliphatic carbocycles. The van der Waals surface area contributed by atoms with E-state index in [-0.39, 0.29) is 10.3 Å². The van der Waals surface area contributed by atoms with Crippen LogP contribution in [0.5, 0.6) is 0 Å². The summed E-state index contributed by atoms with van der Waals surface area (Å²) in [7, 11) is -3.73. The Bertz CT molecular complexity index is 544. The van der Waals surface area contributed by atoms with Crippen LogP contribution in [-0.4, -0.2) is 34.8 Å². The third-order valence-electron chi connectivity index (χ3n) is 4.06. The zero-order valence-corrected chi connectivity index (χ0v) is 18.3. The minimum Gasteiger partial charge on any atom is -0.360 e. The molecule has 0 fully saturated rings. The minimum atomic E-state index is -2.66. The lowest BCUT2D eigenvalue weighted by atomic mass is 10.2. The van der Waals surface area contributed by atoms with E-state index in [0.717, 1.165) is 12.7 Å². The molecule has 0 saturated carbocycles. The van der Waals surface area contributed by atoms with Crippen LogP contribution >= 0.6 is 7.14 Å². The summed E-state index contributed by atoms with van der Waals surface area (Å²) >= 11 is 0. The van der Waals surface area contributed by atoms with Gasteiger partial charge in [0.05, 0.1) is 0 Å². The highest BCUT2D eigenvalue weighted by Crippen LogP contribution is 2.65. The molecule has 1 aromatic heterocycles. The van der Waals surface area contributed by atoms with Crippen LogP contribution in [0.1, 0.15) is 41.5 Å². The summed E-state index contributed by atoms with van der Waals surface area (Å²) in [6, 6.07) is 3.04. The zero-order valence-electron chi connectivity index (χ0n) is 16.4. The van der Waals surface area contributed by atoms with Crippen molar-refractivity contribution in [3.63, 3.8) is 0 Å². The Morgan fingerprint density at radius 2 is 1.65 bits per heavy atom. The molecule has 0 spiro atoms. The Labute approximate surface area is 143 Å². The SMILES string of the molecule is CC(C)(C)P(=O)(c1ccn(COCC[Si](C)(C)C)n1)C(C)(C)C. The van der Waals surface area contributed by atoms with E-state index in [9.17, 15) is 4.57 Å². The maximum absolute atomic E-state index is 13.8. The molecule has 0 bridgehead atoms. The van der Waals surface area contributed by atoms with Crippen LogP contribution in [0, 0.1) is 0 Å². The molecule has 6 heteroatoms. The van der Waals surface area contributed by atoms with Crippen LogP contribution < -0.4 is 5.44 Å². The van der Waals surface area contributed by atoms with Crippen LogP contribution in [0.15, 0.2) is 12.3 Å². The van der Waals surface area contributed by atoms with Crippen molar-refractivity contribution in [2.24, 2.45) is 0 Å². The molecule has 23 heavy (non-hydrogen) atoms. The molecule has 0 aromatic carbocycles. The first-order valence-corrected chi connectivity index (χ1v) is 13.8. The highest BCUT2D eigenvalue weighted by atomic mass is 31.2. The van der Waals surface area contributed by atoms with E-state index in [1.165, 1.54) is 0 Å². The largest absolute Gasteiger partial charge is 0.360 e. The van der Waals surface area contributed by atoms with Gasteiger partial charge in [-0.2, -0.15) is 5.10 Å². The van der Waals surface area contributed by atoms with E-state index in [0.29, 0.717) is 12.2 Å². The predicted octanol–water partition coefficient (Wildman–Crippen LogP) is 4.78. The average Bonchev–Trinajstić information content (AvgIpc) is 2.78. The molecular weight excluding hydrogens is 323 g/mol. The van der Waals surface area contributed by atoms with Gasteiger partial charge in [-0.1, -0.05) is 61.2 Å². The Morgan fingerprint density at radius 3 is 2.09 bits per heavy atom. The fourth-order valence-corrected chi connectivity index (χ4v) is 7.48. The number of aromatic nitrogens is 2. The van der Waals surface area contributed by atoms with Crippen LogP contribution in [-0.2, 0) is 16.0 Å². The summed E-state index contributed by atoms with van der Waals surface area (Å²) in [6.45, 7) is 20.5. The Morgan fingerprint density at radius 1 is 1.13 bits per heavy atom. The Hall–Kier alpha value is -0.383. The van der Waals surface area contributed by atoms with Crippen LogP contribution in [0.2, 0.25) is 25.7 Å². The van der Waals surface area contributed by atoms with Crippen LogP contribution in [0.3, 0.4) is 0 Å². The number of rotatable bonds is 6. The third-order valence-corrected chi connectivity index (χ3v) is 10.4. The van der Waals surface area contributed by atoms with E-state index in [4.69, 9.17) is 4.74 Å². The molecule has 0 N–H and O–H groups in total. The number of hydrogen-bond donors (Lipinski definition) is 0. The van der Waals surface area contributed by atoms with Crippen molar-refractivity contribution in [2.45, 2.75) is 84.3 Å². The van der Waals surface area contributed by atoms with Crippen molar-refractivity contribution >= 4 is 20.7 Å². The van der Waals surface area contributed by atoms with Crippen molar-refractivity contribution in [3.05, 3.63) is 12.3 Å². The van der Waals surface area contributed by atoms with E-state index in [1.54, 1.807) is 4.68 Å². The lowest BCUT2D eigenvalue weighted by molar-refractivity contribution is 0.0788. The molecule has 0 aliphatic heterocycles. The number of ether oxygens (including phenoxy) is 1. The van der Waals surface area contributed by atoms with Gasteiger partial charge in [-0.25, -0.2) is 4.68 Å². The van der Waals surface area contributed by atoms with Crippen LogP contribution in [0.25, 0.3) is 0 Å². The van der Waals surface area contributed by atoms with Gasteiger partial charge in [0.25, 0.3) is 0 Å². The number of nitrogens with zero attached hydrogens (tertiary/aromatic N) is 2. The van der Waals surface area contributed by atoms with Crippen molar-refractivity contribution in [3.8, 4) is 0 Å². The highest BCUT2D eigenvalue weighted by Gasteiger charge is 2.49. The minimum absolute atomic E-state index is 0.316. The summed E-state index contributed by atoms with van der Waals surface area (Å²) < 4.78 is 21.3. The van der Waals surface area contributed by atoms with Crippen molar-refractivity contribution in [2.75, 3.05) is 6.61 Å². The van der Waals surface area contributed by atoms with E-state index in [1.807, 2.05) is 53.8 Å². The molecule has 134 valence electrons. The summed E-state index contributed by atoms with van der Waals surface area (Å²) in [4.78, 5) is 0. The fourth-order valence-electron chi connectivity index (χ4n) is 2.82. The Balaban J connectivity index is 2.87. The van der Waals surface area contributed by atoms with Crippen molar-refractivity contribution in [1.29, 1.82) is 0 Å². The monoisotopic (exact) mass is 358 g/mol. The first kappa shape index (κ1) is 20.7. The second-order valence-corrected chi connectivity index (χ2v) is 19.5. The molecule has 0 aliphatic rings. The van der Waals surface area contributed by atoms with Gasteiger partial charge >= 0.3 is 0 Å². The van der Waals surface area contributed by atoms with Gasteiger partial charge in [0, 0.05) is 31.2 Å². The molecule has 0 saturated heterocycles. The smallest absolute Gasteiger partial charge is 0.144 e. The summed E-state index contributed by atoms with van der Waals surface area (Å²) in [5.41, 5.74) is 0.714. The summed E-state index contributed by atoms with van der Waals surface area (Å²) in [5.74, 6) is 0. The maximum Gasteiger partial charge on any atom is 0.144 e. The molecule has 0 atom stereocenters. The third kappa shape index (κ3) is 5.04. The molecule has 0 unspecified atom stereocenters. The maximum atomic E-state index is 13.8. The fraction of sp³-hybridized carbons (Fsp3) is 0.824. The van der Waals surface area contributed by atoms with Crippen molar-refractivity contribution in [1.82, 2.24) is 9.78 Å². The molecule has 0 radical (unpaired) electrons. The van der Waals surface area contributed by atoms with E-state index >= 15 is 0 Å². The van der Waals surface area contributed by atoms with Gasteiger partial charge in [0.1, 0.15) is 19.3 Å². The molecule has 1 heterocycles. The lowest BCUT2D eigenvalue weighted by Gasteiger charge is -2.39. The quantitative estimate of drug-likeness (QED) is 0.417. The molecule has 1 rings (SSSR count). The number of hydrogen-bond acceptors (Lipinski definition) is 3. The summed E-state index contributed by atoms with van der Waals surface area (Å²) in [6.07, 6.45) is 1.88. The zero-order chi connectivity index (χ0) is 18.1. The predicted molar refractivity (Wildman–Crippen MR) is 103 cm³/mol. The van der Waals surface area contributed by atoms with E-state index < -0.39 is 15.2 Å². The van der Waals surface area contributed by atoms with E-state index in [2.05, 4.69) is 24.7 Å².